The maximum absolute atomic E-state index is 5.89. The smallest absolute Gasteiger partial charge is 0.125 e. The summed E-state index contributed by atoms with van der Waals surface area (Å²) in [6, 6.07) is 0.206. The minimum atomic E-state index is 0.206. The van der Waals surface area contributed by atoms with E-state index in [4.69, 9.17) is 10.5 Å². The average Bonchev–Trinajstić information content (AvgIpc) is 2.62. The number of hydrogen-bond acceptors (Lipinski definition) is 5. The molecule has 0 unspecified atom stereocenters. The molecule has 0 bridgehead atoms. The van der Waals surface area contributed by atoms with Gasteiger partial charge >= 0.3 is 0 Å². The molecule has 0 saturated carbocycles. The van der Waals surface area contributed by atoms with E-state index >= 15 is 0 Å². The van der Waals surface area contributed by atoms with Crippen molar-refractivity contribution in [3.63, 3.8) is 0 Å². The molecular weight excluding hydrogens is 216 g/mol. The van der Waals surface area contributed by atoms with Gasteiger partial charge < -0.3 is 10.5 Å². The van der Waals surface area contributed by atoms with Crippen LogP contribution >= 0.6 is 0 Å². The summed E-state index contributed by atoms with van der Waals surface area (Å²) in [4.78, 5) is 10.8. The fourth-order valence-corrected chi connectivity index (χ4v) is 2.15. The number of hydrogen-bond donors (Lipinski definition) is 1. The molecule has 0 aromatic carbocycles. The van der Waals surface area contributed by atoms with Gasteiger partial charge in [-0.2, -0.15) is 0 Å². The summed E-state index contributed by atoms with van der Waals surface area (Å²) in [7, 11) is 0. The van der Waals surface area contributed by atoms with E-state index in [1.54, 1.807) is 0 Å². The Morgan fingerprint density at radius 2 is 2.12 bits per heavy atom. The molecule has 1 aromatic heterocycles. The molecular formula is C12H20N4O. The summed E-state index contributed by atoms with van der Waals surface area (Å²) in [5.41, 5.74) is 6.98. The molecule has 1 saturated heterocycles. The standard InChI is InChI=1S/C12H20N4O/c1-10-14-8-11(9-15-10)12(7-13)16-3-2-5-17-6-4-16/h8-9,12H,2-7,13H2,1H3/t12-/m0/s1. The van der Waals surface area contributed by atoms with Crippen LogP contribution in [0.25, 0.3) is 0 Å². The summed E-state index contributed by atoms with van der Waals surface area (Å²) in [6.07, 6.45) is 4.82. The molecule has 1 atom stereocenters. The van der Waals surface area contributed by atoms with Gasteiger partial charge in [0.15, 0.2) is 0 Å². The van der Waals surface area contributed by atoms with Crippen molar-refractivity contribution in [2.75, 3.05) is 32.8 Å². The Hall–Kier alpha value is -1.04. The second-order valence-corrected chi connectivity index (χ2v) is 4.32. The highest BCUT2D eigenvalue weighted by Gasteiger charge is 2.20. The number of aryl methyl sites for hydroxylation is 1. The van der Waals surface area contributed by atoms with Crippen LogP contribution in [0.15, 0.2) is 12.4 Å². The lowest BCUT2D eigenvalue weighted by Gasteiger charge is -2.28. The normalized spacial score (nSPS) is 19.9. The molecule has 5 nitrogen and oxygen atoms in total. The second kappa shape index (κ2) is 6.05. The number of aromatic nitrogens is 2. The van der Waals surface area contributed by atoms with Crippen LogP contribution in [-0.4, -0.2) is 47.7 Å². The zero-order valence-electron chi connectivity index (χ0n) is 10.3. The summed E-state index contributed by atoms with van der Waals surface area (Å²) in [6.45, 7) is 6.06. The fourth-order valence-electron chi connectivity index (χ4n) is 2.15. The zero-order chi connectivity index (χ0) is 12.1. The monoisotopic (exact) mass is 236 g/mol. The Morgan fingerprint density at radius 1 is 1.35 bits per heavy atom. The molecule has 0 amide bonds. The predicted octanol–water partition coefficient (Wildman–Crippen LogP) is 0.507. The summed E-state index contributed by atoms with van der Waals surface area (Å²) in [5, 5.41) is 0. The van der Waals surface area contributed by atoms with Crippen molar-refractivity contribution in [3.05, 3.63) is 23.8 Å². The van der Waals surface area contributed by atoms with Crippen LogP contribution in [0.3, 0.4) is 0 Å². The highest BCUT2D eigenvalue weighted by Crippen LogP contribution is 2.19. The van der Waals surface area contributed by atoms with E-state index in [0.29, 0.717) is 6.54 Å². The van der Waals surface area contributed by atoms with E-state index in [0.717, 1.165) is 44.1 Å². The molecule has 17 heavy (non-hydrogen) atoms. The molecule has 94 valence electrons. The third-order valence-electron chi connectivity index (χ3n) is 3.11. The molecule has 0 aliphatic carbocycles. The van der Waals surface area contributed by atoms with Gasteiger partial charge in [0.2, 0.25) is 0 Å². The number of nitrogens with zero attached hydrogens (tertiary/aromatic N) is 3. The lowest BCUT2D eigenvalue weighted by molar-refractivity contribution is 0.132. The molecule has 1 fully saturated rings. The van der Waals surface area contributed by atoms with E-state index in [-0.39, 0.29) is 6.04 Å². The van der Waals surface area contributed by atoms with Crippen LogP contribution in [0.5, 0.6) is 0 Å². The van der Waals surface area contributed by atoms with Crippen LogP contribution in [-0.2, 0) is 4.74 Å². The molecule has 5 heteroatoms. The van der Waals surface area contributed by atoms with Gasteiger partial charge in [-0.25, -0.2) is 9.97 Å². The number of ether oxygens (including phenoxy) is 1. The van der Waals surface area contributed by atoms with Crippen LogP contribution in [0.2, 0.25) is 0 Å². The predicted molar refractivity (Wildman–Crippen MR) is 65.6 cm³/mol. The first-order chi connectivity index (χ1) is 8.31. The Labute approximate surface area is 102 Å². The minimum absolute atomic E-state index is 0.206. The van der Waals surface area contributed by atoms with Gasteiger partial charge in [0, 0.05) is 44.2 Å². The minimum Gasteiger partial charge on any atom is -0.380 e. The van der Waals surface area contributed by atoms with Crippen molar-refractivity contribution in [1.29, 1.82) is 0 Å². The molecule has 2 rings (SSSR count). The van der Waals surface area contributed by atoms with Gasteiger partial charge in [-0.05, 0) is 13.3 Å². The van der Waals surface area contributed by atoms with E-state index < -0.39 is 0 Å². The SMILES string of the molecule is Cc1ncc([C@H](CN)N2CCCOCC2)cn1. The Balaban J connectivity index is 2.11. The van der Waals surface area contributed by atoms with Gasteiger partial charge in [-0.3, -0.25) is 4.90 Å². The van der Waals surface area contributed by atoms with Crippen molar-refractivity contribution in [2.24, 2.45) is 5.73 Å². The summed E-state index contributed by atoms with van der Waals surface area (Å²) >= 11 is 0. The van der Waals surface area contributed by atoms with Crippen molar-refractivity contribution in [3.8, 4) is 0 Å². The molecule has 2 N–H and O–H groups in total. The van der Waals surface area contributed by atoms with Crippen molar-refractivity contribution >= 4 is 0 Å². The first kappa shape index (κ1) is 12.4. The topological polar surface area (TPSA) is 64.3 Å². The molecule has 1 aromatic rings. The highest BCUT2D eigenvalue weighted by molar-refractivity contribution is 5.11. The summed E-state index contributed by atoms with van der Waals surface area (Å²) in [5.74, 6) is 0.795. The van der Waals surface area contributed by atoms with E-state index in [1.165, 1.54) is 0 Å². The van der Waals surface area contributed by atoms with Gasteiger partial charge in [-0.1, -0.05) is 0 Å². The quantitative estimate of drug-likeness (QED) is 0.828. The van der Waals surface area contributed by atoms with E-state index in [1.807, 2.05) is 19.3 Å². The maximum atomic E-state index is 5.89. The van der Waals surface area contributed by atoms with Crippen LogP contribution in [0, 0.1) is 6.92 Å². The van der Waals surface area contributed by atoms with Crippen molar-refractivity contribution in [2.45, 2.75) is 19.4 Å². The first-order valence-electron chi connectivity index (χ1n) is 6.11. The average molecular weight is 236 g/mol. The van der Waals surface area contributed by atoms with Crippen LogP contribution in [0.1, 0.15) is 23.9 Å². The van der Waals surface area contributed by atoms with Crippen LogP contribution < -0.4 is 5.73 Å². The maximum Gasteiger partial charge on any atom is 0.125 e. The fraction of sp³-hybridized carbons (Fsp3) is 0.667. The molecule has 1 aliphatic rings. The van der Waals surface area contributed by atoms with Crippen molar-refractivity contribution < 1.29 is 4.74 Å². The molecule has 0 spiro atoms. The number of nitrogens with two attached hydrogens (primary N) is 1. The third kappa shape index (κ3) is 3.21. The Bertz CT molecular complexity index is 333. The lowest BCUT2D eigenvalue weighted by atomic mass is 10.1. The molecule has 2 heterocycles. The largest absolute Gasteiger partial charge is 0.380 e. The van der Waals surface area contributed by atoms with Crippen LogP contribution in [0.4, 0.5) is 0 Å². The van der Waals surface area contributed by atoms with Crippen molar-refractivity contribution in [1.82, 2.24) is 14.9 Å². The third-order valence-corrected chi connectivity index (χ3v) is 3.11. The molecule has 1 aliphatic heterocycles. The highest BCUT2D eigenvalue weighted by atomic mass is 16.5. The van der Waals surface area contributed by atoms with E-state index in [2.05, 4.69) is 14.9 Å². The van der Waals surface area contributed by atoms with Gasteiger partial charge in [0.05, 0.1) is 12.6 Å². The zero-order valence-corrected chi connectivity index (χ0v) is 10.3. The first-order valence-corrected chi connectivity index (χ1v) is 6.11. The lowest BCUT2D eigenvalue weighted by Crippen LogP contribution is -2.35. The number of rotatable bonds is 3. The van der Waals surface area contributed by atoms with Gasteiger partial charge in [0.1, 0.15) is 5.82 Å². The van der Waals surface area contributed by atoms with Gasteiger partial charge in [-0.15, -0.1) is 0 Å². The van der Waals surface area contributed by atoms with E-state index in [9.17, 15) is 0 Å². The summed E-state index contributed by atoms with van der Waals surface area (Å²) < 4.78 is 5.46. The Kier molecular flexibility index (Phi) is 4.42. The Morgan fingerprint density at radius 3 is 2.82 bits per heavy atom. The van der Waals surface area contributed by atoms with Gasteiger partial charge in [0.25, 0.3) is 0 Å². The molecule has 0 radical (unpaired) electrons. The second-order valence-electron chi connectivity index (χ2n) is 4.32.